The molecular weight excluding hydrogens is 528 g/mol. The number of hydrogen-bond acceptors (Lipinski definition) is 0. The van der Waals surface area contributed by atoms with E-state index in [1.807, 2.05) is 60.7 Å². The molecule has 0 N–H and O–H groups in total. The van der Waals surface area contributed by atoms with Crippen molar-refractivity contribution in [3.05, 3.63) is 93.8 Å². The van der Waals surface area contributed by atoms with Gasteiger partial charge in [-0.15, -0.1) is 11.4 Å². The van der Waals surface area contributed by atoms with Crippen molar-refractivity contribution < 1.29 is 50.7 Å². The van der Waals surface area contributed by atoms with Crippen LogP contribution in [-0.2, 0) is 25.8 Å². The Balaban J connectivity index is 0. The van der Waals surface area contributed by atoms with E-state index in [-0.39, 0.29) is 50.7 Å². The molecular formula is C22H25Cl2HfN. The van der Waals surface area contributed by atoms with Gasteiger partial charge in [-0.2, -0.15) is 27.8 Å². The van der Waals surface area contributed by atoms with E-state index >= 15 is 0 Å². The van der Waals surface area contributed by atoms with E-state index in [2.05, 4.69) is 39.9 Å². The van der Waals surface area contributed by atoms with Gasteiger partial charge < -0.3 is 30.1 Å². The minimum Gasteiger partial charge on any atom is -1.00 e. The standard InChI is InChI=1S/C12H10N.C10H15.2ClH.Hf/c1-3-7-11(8-4-1)13-12-9-5-2-6-10-12;1-6-7(2)9(4)10(5)8(6)3;;;/h1-10H;1-5H3;2*1H;/q2*-1;;;+4/p-2. The summed E-state index contributed by atoms with van der Waals surface area (Å²) in [6.45, 7) is 11.0. The van der Waals surface area contributed by atoms with Crippen LogP contribution in [0.3, 0.4) is 0 Å². The SMILES string of the molecule is Cc1c(C)c(C)[c-](C)c1C.[Cl-].[Cl-].[Hf+4].c1ccc([N-]c2ccccc2)cc1. The van der Waals surface area contributed by atoms with Gasteiger partial charge in [-0.3, -0.25) is 0 Å². The van der Waals surface area contributed by atoms with Crippen molar-refractivity contribution in [3.8, 4) is 0 Å². The Kier molecular flexibility index (Phi) is 13.9. The maximum Gasteiger partial charge on any atom is 4.00 e. The summed E-state index contributed by atoms with van der Waals surface area (Å²) in [5.74, 6) is 0. The van der Waals surface area contributed by atoms with Crippen molar-refractivity contribution >= 4 is 11.4 Å². The first kappa shape index (κ1) is 27.3. The maximum atomic E-state index is 4.44. The third kappa shape index (κ3) is 7.34. The van der Waals surface area contributed by atoms with Gasteiger partial charge in [0.05, 0.1) is 0 Å². The van der Waals surface area contributed by atoms with Gasteiger partial charge in [-0.05, 0) is 0 Å². The number of nitrogens with zero attached hydrogens (tertiary/aromatic N) is 1. The molecule has 0 radical (unpaired) electrons. The third-order valence-electron chi connectivity index (χ3n) is 4.58. The molecule has 1 nitrogen and oxygen atoms in total. The molecule has 26 heavy (non-hydrogen) atoms. The van der Waals surface area contributed by atoms with Crippen LogP contribution in [0, 0.1) is 34.6 Å². The first-order valence-electron chi connectivity index (χ1n) is 8.02. The number of hydrogen-bond donors (Lipinski definition) is 0. The summed E-state index contributed by atoms with van der Waals surface area (Å²) in [5, 5.41) is 4.44. The fraction of sp³-hybridized carbons (Fsp3) is 0.227. The van der Waals surface area contributed by atoms with E-state index in [0.29, 0.717) is 0 Å². The van der Waals surface area contributed by atoms with Crippen molar-refractivity contribution in [2.45, 2.75) is 34.6 Å². The molecule has 3 rings (SSSR count). The van der Waals surface area contributed by atoms with Crippen LogP contribution in [0.2, 0.25) is 0 Å². The van der Waals surface area contributed by atoms with Crippen molar-refractivity contribution in [1.82, 2.24) is 0 Å². The van der Waals surface area contributed by atoms with Crippen LogP contribution in [0.5, 0.6) is 0 Å². The Labute approximate surface area is 189 Å². The van der Waals surface area contributed by atoms with Gasteiger partial charge in [0, 0.05) is 0 Å². The van der Waals surface area contributed by atoms with Gasteiger partial charge >= 0.3 is 25.8 Å². The van der Waals surface area contributed by atoms with Gasteiger partial charge in [-0.25, -0.2) is 0 Å². The Morgan fingerprint density at radius 1 is 0.615 bits per heavy atom. The Bertz CT molecular complexity index is 635. The quantitative estimate of drug-likeness (QED) is 0.333. The molecule has 136 valence electrons. The number of halogens is 2. The van der Waals surface area contributed by atoms with Gasteiger partial charge in [0.15, 0.2) is 0 Å². The molecule has 0 saturated carbocycles. The van der Waals surface area contributed by atoms with Crippen LogP contribution in [-0.4, -0.2) is 0 Å². The molecule has 0 aliphatic carbocycles. The second-order valence-electron chi connectivity index (χ2n) is 5.91. The van der Waals surface area contributed by atoms with Gasteiger partial charge in [0.25, 0.3) is 0 Å². The fourth-order valence-corrected chi connectivity index (χ4v) is 2.56. The van der Waals surface area contributed by atoms with Gasteiger partial charge in [-0.1, -0.05) is 95.3 Å². The molecule has 0 aliphatic heterocycles. The van der Waals surface area contributed by atoms with E-state index in [9.17, 15) is 0 Å². The largest absolute Gasteiger partial charge is 4.00 e. The average Bonchev–Trinajstić information content (AvgIpc) is 2.75. The summed E-state index contributed by atoms with van der Waals surface area (Å²) >= 11 is 0. The monoisotopic (exact) mass is 553 g/mol. The molecule has 0 unspecified atom stereocenters. The van der Waals surface area contributed by atoms with E-state index in [4.69, 9.17) is 0 Å². The molecule has 0 amide bonds. The first-order valence-corrected chi connectivity index (χ1v) is 8.02. The molecule has 0 aliphatic rings. The predicted molar refractivity (Wildman–Crippen MR) is 101 cm³/mol. The zero-order chi connectivity index (χ0) is 16.8. The Morgan fingerprint density at radius 2 is 0.923 bits per heavy atom. The summed E-state index contributed by atoms with van der Waals surface area (Å²) in [7, 11) is 0. The van der Waals surface area contributed by atoms with Crippen molar-refractivity contribution in [2.24, 2.45) is 0 Å². The van der Waals surface area contributed by atoms with Crippen LogP contribution in [0.15, 0.2) is 60.7 Å². The van der Waals surface area contributed by atoms with Crippen LogP contribution in [0.1, 0.15) is 27.8 Å². The number of rotatable bonds is 2. The van der Waals surface area contributed by atoms with Gasteiger partial charge in [0.2, 0.25) is 0 Å². The summed E-state index contributed by atoms with van der Waals surface area (Å²) in [6, 6.07) is 19.9. The van der Waals surface area contributed by atoms with Crippen molar-refractivity contribution in [1.29, 1.82) is 0 Å². The first-order chi connectivity index (χ1) is 11.0. The van der Waals surface area contributed by atoms with Crippen LogP contribution < -0.4 is 24.8 Å². The smallest absolute Gasteiger partial charge is 1.00 e. The van der Waals surface area contributed by atoms with Crippen LogP contribution >= 0.6 is 0 Å². The van der Waals surface area contributed by atoms with Gasteiger partial charge in [0.1, 0.15) is 0 Å². The minimum absolute atomic E-state index is 0. The zero-order valence-electron chi connectivity index (χ0n) is 16.0. The third-order valence-corrected chi connectivity index (χ3v) is 4.58. The van der Waals surface area contributed by atoms with E-state index in [0.717, 1.165) is 11.4 Å². The summed E-state index contributed by atoms with van der Waals surface area (Å²) < 4.78 is 0. The Hall–Kier alpha value is -0.960. The zero-order valence-corrected chi connectivity index (χ0v) is 21.1. The molecule has 0 fully saturated rings. The molecule has 0 saturated heterocycles. The van der Waals surface area contributed by atoms with Crippen molar-refractivity contribution in [2.75, 3.05) is 0 Å². The summed E-state index contributed by atoms with van der Waals surface area (Å²) in [5.41, 5.74) is 9.33. The normalized spacial score (nSPS) is 8.81. The summed E-state index contributed by atoms with van der Waals surface area (Å²) in [4.78, 5) is 0. The minimum atomic E-state index is 0. The topological polar surface area (TPSA) is 14.1 Å². The average molecular weight is 553 g/mol. The second-order valence-corrected chi connectivity index (χ2v) is 5.91. The molecule has 4 heteroatoms. The Morgan fingerprint density at radius 3 is 1.15 bits per heavy atom. The fourth-order valence-electron chi connectivity index (χ4n) is 2.56. The maximum absolute atomic E-state index is 4.44. The molecule has 3 aromatic rings. The van der Waals surface area contributed by atoms with Crippen molar-refractivity contribution in [3.63, 3.8) is 0 Å². The summed E-state index contributed by atoms with van der Waals surface area (Å²) in [6.07, 6.45) is 0. The van der Waals surface area contributed by atoms with E-state index in [1.54, 1.807) is 0 Å². The molecule has 0 aromatic heterocycles. The second kappa shape index (κ2) is 13.2. The molecule has 3 aromatic carbocycles. The van der Waals surface area contributed by atoms with Crippen LogP contribution in [0.4, 0.5) is 11.4 Å². The molecule has 0 heterocycles. The number of benzene rings is 2. The number of para-hydroxylation sites is 2. The molecule has 0 bridgehead atoms. The van der Waals surface area contributed by atoms with E-state index in [1.165, 1.54) is 27.8 Å². The molecule has 0 spiro atoms. The van der Waals surface area contributed by atoms with E-state index < -0.39 is 0 Å². The molecule has 0 atom stereocenters. The van der Waals surface area contributed by atoms with Crippen LogP contribution in [0.25, 0.3) is 5.32 Å². The predicted octanol–water partition coefficient (Wildman–Crippen LogP) is 0.977.